The molecule has 1 aromatic carbocycles. The summed E-state index contributed by atoms with van der Waals surface area (Å²) >= 11 is 0. The van der Waals surface area contributed by atoms with Crippen molar-refractivity contribution < 1.29 is 4.92 Å². The van der Waals surface area contributed by atoms with E-state index in [1.54, 1.807) is 17.2 Å². The van der Waals surface area contributed by atoms with Crippen molar-refractivity contribution in [2.75, 3.05) is 11.9 Å². The Bertz CT molecular complexity index is 660. The summed E-state index contributed by atoms with van der Waals surface area (Å²) in [5, 5.41) is 11.1. The molecule has 0 aliphatic rings. The average molecular weight is 299 g/mol. The Balaban J connectivity index is 2.19. The highest BCUT2D eigenvalue weighted by Gasteiger charge is 2.18. The summed E-state index contributed by atoms with van der Waals surface area (Å²) in [4.78, 5) is 16.6. The van der Waals surface area contributed by atoms with Crippen molar-refractivity contribution in [2.45, 2.75) is 32.7 Å². The van der Waals surface area contributed by atoms with Gasteiger partial charge in [-0.15, -0.1) is 0 Å². The average Bonchev–Trinajstić information content (AvgIpc) is 2.46. The highest BCUT2D eigenvalue weighted by molar-refractivity contribution is 5.57. The quantitative estimate of drug-likeness (QED) is 0.634. The first kappa shape index (κ1) is 15.9. The number of anilines is 1. The van der Waals surface area contributed by atoms with Gasteiger partial charge >= 0.3 is 5.69 Å². The lowest BCUT2D eigenvalue weighted by molar-refractivity contribution is -0.384. The summed E-state index contributed by atoms with van der Waals surface area (Å²) in [5.41, 5.74) is 2.50. The molecule has 0 amide bonds. The van der Waals surface area contributed by atoms with E-state index >= 15 is 0 Å². The first-order valence-corrected chi connectivity index (χ1v) is 7.19. The maximum absolute atomic E-state index is 11.1. The van der Waals surface area contributed by atoms with E-state index in [0.29, 0.717) is 12.4 Å². The van der Waals surface area contributed by atoms with Crippen LogP contribution in [0.1, 0.15) is 31.9 Å². The minimum Gasteiger partial charge on any atom is -0.350 e. The highest BCUT2D eigenvalue weighted by atomic mass is 16.6. The summed E-state index contributed by atoms with van der Waals surface area (Å²) in [7, 11) is 1.81. The zero-order chi connectivity index (χ0) is 16.3. The number of nitro groups is 1. The van der Waals surface area contributed by atoms with Crippen LogP contribution in [-0.2, 0) is 12.0 Å². The smallest absolute Gasteiger partial charge is 0.311 e. The van der Waals surface area contributed by atoms with Crippen LogP contribution in [0.5, 0.6) is 0 Å². The molecule has 2 rings (SSSR count). The van der Waals surface area contributed by atoms with E-state index in [-0.39, 0.29) is 11.1 Å². The lowest BCUT2D eigenvalue weighted by Crippen LogP contribution is -2.19. The van der Waals surface area contributed by atoms with Gasteiger partial charge in [0.05, 0.1) is 4.92 Å². The second-order valence-corrected chi connectivity index (χ2v) is 6.41. The monoisotopic (exact) mass is 299 g/mol. The van der Waals surface area contributed by atoms with E-state index in [1.165, 1.54) is 11.6 Å². The third-order valence-electron chi connectivity index (χ3n) is 3.56. The Morgan fingerprint density at radius 3 is 2.36 bits per heavy atom. The third kappa shape index (κ3) is 3.61. The summed E-state index contributed by atoms with van der Waals surface area (Å²) < 4.78 is 0. The number of nitrogens with zero attached hydrogens (tertiary/aromatic N) is 3. The fourth-order valence-corrected chi connectivity index (χ4v) is 2.28. The van der Waals surface area contributed by atoms with Crippen LogP contribution in [0.15, 0.2) is 42.6 Å². The van der Waals surface area contributed by atoms with Crippen molar-refractivity contribution in [1.82, 2.24) is 4.98 Å². The van der Waals surface area contributed by atoms with Gasteiger partial charge in [0.15, 0.2) is 0 Å². The number of aromatic nitrogens is 1. The van der Waals surface area contributed by atoms with Gasteiger partial charge < -0.3 is 4.90 Å². The van der Waals surface area contributed by atoms with Crippen molar-refractivity contribution in [2.24, 2.45) is 0 Å². The molecular weight excluding hydrogens is 278 g/mol. The Kier molecular flexibility index (Phi) is 4.45. The van der Waals surface area contributed by atoms with Crippen LogP contribution in [0.4, 0.5) is 11.5 Å². The molecule has 0 aliphatic heterocycles. The molecule has 5 nitrogen and oxygen atoms in total. The third-order valence-corrected chi connectivity index (χ3v) is 3.56. The molecule has 5 heteroatoms. The van der Waals surface area contributed by atoms with Crippen LogP contribution in [0.2, 0.25) is 0 Å². The predicted octanol–water partition coefficient (Wildman–Crippen LogP) is 3.92. The molecule has 0 saturated carbocycles. The number of hydrogen-bond acceptors (Lipinski definition) is 4. The van der Waals surface area contributed by atoms with Crippen molar-refractivity contribution in [3.05, 3.63) is 63.8 Å². The van der Waals surface area contributed by atoms with E-state index in [0.717, 1.165) is 5.56 Å². The summed E-state index contributed by atoms with van der Waals surface area (Å²) in [6.07, 6.45) is 1.57. The van der Waals surface area contributed by atoms with Crippen LogP contribution >= 0.6 is 0 Å². The predicted molar refractivity (Wildman–Crippen MR) is 88.1 cm³/mol. The molecule has 116 valence electrons. The molecule has 0 spiro atoms. The molecule has 2 aromatic rings. The van der Waals surface area contributed by atoms with E-state index in [1.807, 2.05) is 7.05 Å². The fourth-order valence-electron chi connectivity index (χ4n) is 2.28. The second kappa shape index (κ2) is 6.13. The van der Waals surface area contributed by atoms with E-state index in [9.17, 15) is 10.1 Å². The van der Waals surface area contributed by atoms with Crippen LogP contribution in [-0.4, -0.2) is 17.0 Å². The Hall–Kier alpha value is -2.43. The molecule has 0 aliphatic carbocycles. The molecule has 22 heavy (non-hydrogen) atoms. The van der Waals surface area contributed by atoms with Gasteiger partial charge in [-0.2, -0.15) is 0 Å². The van der Waals surface area contributed by atoms with Crippen LogP contribution in [0, 0.1) is 10.1 Å². The van der Waals surface area contributed by atoms with Gasteiger partial charge in [0.25, 0.3) is 0 Å². The molecule has 0 radical (unpaired) electrons. The number of benzene rings is 1. The normalized spacial score (nSPS) is 11.3. The van der Waals surface area contributed by atoms with Gasteiger partial charge in [-0.1, -0.05) is 45.0 Å². The van der Waals surface area contributed by atoms with Crippen LogP contribution in [0.25, 0.3) is 0 Å². The zero-order valence-corrected chi connectivity index (χ0v) is 13.4. The molecule has 0 unspecified atom stereocenters. The number of pyridine rings is 1. The van der Waals surface area contributed by atoms with Gasteiger partial charge in [0, 0.05) is 25.9 Å². The standard InChI is InChI=1S/C17H21N3O2/c1-17(2,3)14-9-7-13(8-10-14)12-19(4)16-15(20(21)22)6-5-11-18-16/h5-11H,12H2,1-4H3. The first-order valence-electron chi connectivity index (χ1n) is 7.19. The van der Waals surface area contributed by atoms with E-state index < -0.39 is 4.92 Å². The van der Waals surface area contributed by atoms with Gasteiger partial charge in [0.2, 0.25) is 5.82 Å². The van der Waals surface area contributed by atoms with Crippen molar-refractivity contribution in [3.8, 4) is 0 Å². The molecule has 0 saturated heterocycles. The van der Waals surface area contributed by atoms with E-state index in [2.05, 4.69) is 50.0 Å². The maximum Gasteiger partial charge on any atom is 0.311 e. The topological polar surface area (TPSA) is 59.3 Å². The number of rotatable bonds is 4. The fraction of sp³-hybridized carbons (Fsp3) is 0.353. The lowest BCUT2D eigenvalue weighted by Gasteiger charge is -2.21. The molecule has 1 heterocycles. The first-order chi connectivity index (χ1) is 10.3. The van der Waals surface area contributed by atoms with Gasteiger partial charge in [-0.05, 0) is 22.6 Å². The summed E-state index contributed by atoms with van der Waals surface area (Å²) in [6.45, 7) is 7.09. The largest absolute Gasteiger partial charge is 0.350 e. The van der Waals surface area contributed by atoms with Crippen molar-refractivity contribution in [1.29, 1.82) is 0 Å². The Labute approximate surface area is 130 Å². The highest BCUT2D eigenvalue weighted by Crippen LogP contribution is 2.26. The maximum atomic E-state index is 11.1. The van der Waals surface area contributed by atoms with Crippen molar-refractivity contribution in [3.63, 3.8) is 0 Å². The summed E-state index contributed by atoms with van der Waals surface area (Å²) in [5.74, 6) is 0.382. The van der Waals surface area contributed by atoms with Crippen molar-refractivity contribution >= 4 is 11.5 Å². The minimum atomic E-state index is -0.401. The molecular formula is C17H21N3O2. The van der Waals surface area contributed by atoms with Crippen LogP contribution < -0.4 is 4.90 Å². The number of hydrogen-bond donors (Lipinski definition) is 0. The van der Waals surface area contributed by atoms with Crippen LogP contribution in [0.3, 0.4) is 0 Å². The zero-order valence-electron chi connectivity index (χ0n) is 13.4. The lowest BCUT2D eigenvalue weighted by atomic mass is 9.87. The Morgan fingerprint density at radius 2 is 1.82 bits per heavy atom. The molecule has 0 atom stereocenters. The SMILES string of the molecule is CN(Cc1ccc(C(C)(C)C)cc1)c1ncccc1[N+](=O)[O-]. The molecule has 0 fully saturated rings. The van der Waals surface area contributed by atoms with Gasteiger partial charge in [0.1, 0.15) is 0 Å². The minimum absolute atomic E-state index is 0.0244. The molecule has 1 aromatic heterocycles. The Morgan fingerprint density at radius 1 is 1.18 bits per heavy atom. The van der Waals surface area contributed by atoms with E-state index in [4.69, 9.17) is 0 Å². The summed E-state index contributed by atoms with van der Waals surface area (Å²) in [6, 6.07) is 11.4. The molecule has 0 N–H and O–H groups in total. The van der Waals surface area contributed by atoms with Gasteiger partial charge in [-0.3, -0.25) is 10.1 Å². The molecule has 0 bridgehead atoms. The van der Waals surface area contributed by atoms with Gasteiger partial charge in [-0.25, -0.2) is 4.98 Å². The second-order valence-electron chi connectivity index (χ2n) is 6.41.